The zero-order valence-electron chi connectivity index (χ0n) is 11.9. The number of hydrogen-bond acceptors (Lipinski definition) is 4. The number of hydrogen-bond donors (Lipinski definition) is 0. The molecule has 0 saturated heterocycles. The predicted molar refractivity (Wildman–Crippen MR) is 85.0 cm³/mol. The molecule has 3 aromatic rings. The van der Waals surface area contributed by atoms with Crippen molar-refractivity contribution in [1.29, 1.82) is 0 Å². The number of benzene rings is 1. The number of nitrogens with zero attached hydrogens (tertiary/aromatic N) is 5. The van der Waals surface area contributed by atoms with Gasteiger partial charge in [-0.15, -0.1) is 0 Å². The van der Waals surface area contributed by atoms with Gasteiger partial charge in [0, 0.05) is 47.4 Å². The van der Waals surface area contributed by atoms with Gasteiger partial charge in [-0.3, -0.25) is 4.99 Å². The third kappa shape index (κ3) is 2.02. The molecule has 0 saturated carbocycles. The van der Waals surface area contributed by atoms with Gasteiger partial charge in [0.25, 0.3) is 0 Å². The summed E-state index contributed by atoms with van der Waals surface area (Å²) in [5.74, 6) is 0.810. The van der Waals surface area contributed by atoms with E-state index in [4.69, 9.17) is 16.6 Å². The first kappa shape index (κ1) is 13.2. The van der Waals surface area contributed by atoms with Crippen LogP contribution in [0.2, 0.25) is 5.02 Å². The van der Waals surface area contributed by atoms with Crippen molar-refractivity contribution in [2.24, 2.45) is 12.0 Å². The molecule has 6 heteroatoms. The van der Waals surface area contributed by atoms with Gasteiger partial charge in [0.05, 0.1) is 12.2 Å². The molecule has 22 heavy (non-hydrogen) atoms. The first-order chi connectivity index (χ1) is 10.7. The maximum atomic E-state index is 6.21. The van der Waals surface area contributed by atoms with Crippen LogP contribution in [0.4, 0.5) is 0 Å². The van der Waals surface area contributed by atoms with Gasteiger partial charge in [0.1, 0.15) is 12.0 Å². The van der Waals surface area contributed by atoms with E-state index in [0.29, 0.717) is 11.6 Å². The molecule has 0 N–H and O–H groups in total. The number of aromatic nitrogens is 4. The van der Waals surface area contributed by atoms with E-state index in [0.717, 1.165) is 33.9 Å². The molecule has 0 aliphatic carbocycles. The SMILES string of the molecule is Cn1ccnc1C1=NCc2cncnc2-c2ccc(Cl)cc21. The highest BCUT2D eigenvalue weighted by Gasteiger charge is 2.22. The van der Waals surface area contributed by atoms with E-state index in [1.165, 1.54) is 0 Å². The summed E-state index contributed by atoms with van der Waals surface area (Å²) in [6.07, 6.45) is 7.04. The Labute approximate surface area is 132 Å². The fourth-order valence-electron chi connectivity index (χ4n) is 2.67. The summed E-state index contributed by atoms with van der Waals surface area (Å²) in [4.78, 5) is 17.7. The third-order valence-electron chi connectivity index (χ3n) is 3.72. The summed E-state index contributed by atoms with van der Waals surface area (Å²) < 4.78 is 1.95. The average Bonchev–Trinajstić information content (AvgIpc) is 2.88. The quantitative estimate of drug-likeness (QED) is 0.694. The van der Waals surface area contributed by atoms with Gasteiger partial charge in [-0.2, -0.15) is 0 Å². The molecule has 0 radical (unpaired) electrons. The number of halogens is 1. The Hall–Kier alpha value is -2.53. The Morgan fingerprint density at radius 3 is 2.91 bits per heavy atom. The van der Waals surface area contributed by atoms with E-state index < -0.39 is 0 Å². The second-order valence-corrected chi connectivity index (χ2v) is 5.55. The minimum absolute atomic E-state index is 0.519. The highest BCUT2D eigenvalue weighted by molar-refractivity contribution is 6.31. The summed E-state index contributed by atoms with van der Waals surface area (Å²) >= 11 is 6.21. The van der Waals surface area contributed by atoms with E-state index >= 15 is 0 Å². The third-order valence-corrected chi connectivity index (χ3v) is 3.96. The maximum Gasteiger partial charge on any atom is 0.158 e. The van der Waals surface area contributed by atoms with Crippen molar-refractivity contribution < 1.29 is 0 Å². The zero-order valence-corrected chi connectivity index (χ0v) is 12.6. The van der Waals surface area contributed by atoms with E-state index in [1.807, 2.05) is 42.2 Å². The van der Waals surface area contributed by atoms with Crippen LogP contribution < -0.4 is 0 Å². The summed E-state index contributed by atoms with van der Waals surface area (Å²) in [7, 11) is 1.95. The zero-order chi connectivity index (χ0) is 15.1. The fraction of sp³-hybridized carbons (Fsp3) is 0.125. The van der Waals surface area contributed by atoms with Gasteiger partial charge in [-0.1, -0.05) is 17.7 Å². The molecule has 3 heterocycles. The van der Waals surface area contributed by atoms with Crippen molar-refractivity contribution in [3.8, 4) is 11.3 Å². The normalized spacial score (nSPS) is 13.1. The molecule has 0 fully saturated rings. The summed E-state index contributed by atoms with van der Waals surface area (Å²) in [6, 6.07) is 5.77. The molecular formula is C16H12ClN5. The van der Waals surface area contributed by atoms with Gasteiger partial charge in [-0.25, -0.2) is 15.0 Å². The lowest BCUT2D eigenvalue weighted by Gasteiger charge is -2.10. The fourth-order valence-corrected chi connectivity index (χ4v) is 2.84. The summed E-state index contributed by atoms with van der Waals surface area (Å²) in [6.45, 7) is 0.519. The molecule has 1 aliphatic heterocycles. The Balaban J connectivity index is 2.03. The van der Waals surface area contributed by atoms with Gasteiger partial charge in [0.15, 0.2) is 5.82 Å². The van der Waals surface area contributed by atoms with Crippen LogP contribution in [0, 0.1) is 0 Å². The molecular weight excluding hydrogens is 298 g/mol. The van der Waals surface area contributed by atoms with Crippen molar-refractivity contribution in [2.45, 2.75) is 6.54 Å². The lowest BCUT2D eigenvalue weighted by molar-refractivity contribution is 0.893. The smallest absolute Gasteiger partial charge is 0.158 e. The van der Waals surface area contributed by atoms with Gasteiger partial charge >= 0.3 is 0 Å². The van der Waals surface area contributed by atoms with Crippen LogP contribution in [-0.2, 0) is 13.6 Å². The molecule has 0 atom stereocenters. The minimum atomic E-state index is 0.519. The predicted octanol–water partition coefficient (Wildman–Crippen LogP) is 2.88. The first-order valence-corrected chi connectivity index (χ1v) is 7.23. The van der Waals surface area contributed by atoms with Crippen molar-refractivity contribution in [1.82, 2.24) is 19.5 Å². The van der Waals surface area contributed by atoms with Crippen molar-refractivity contribution in [3.63, 3.8) is 0 Å². The topological polar surface area (TPSA) is 56.0 Å². The number of fused-ring (bicyclic) bond motifs is 3. The highest BCUT2D eigenvalue weighted by Crippen LogP contribution is 2.32. The van der Waals surface area contributed by atoms with Crippen molar-refractivity contribution in [3.05, 3.63) is 65.1 Å². The standard InChI is InChI=1S/C16H12ClN5/c1-22-5-4-19-16(22)15-13-6-11(17)2-3-12(13)14-10(8-20-15)7-18-9-21-14/h2-7,9H,8H2,1H3. The van der Waals surface area contributed by atoms with Gasteiger partial charge < -0.3 is 4.57 Å². The second kappa shape index (κ2) is 5.03. The van der Waals surface area contributed by atoms with Crippen LogP contribution in [0.5, 0.6) is 0 Å². The van der Waals surface area contributed by atoms with Crippen molar-refractivity contribution in [2.75, 3.05) is 0 Å². The van der Waals surface area contributed by atoms with E-state index in [2.05, 4.69) is 15.0 Å². The molecule has 0 amide bonds. The number of aliphatic imine (C=N–C) groups is 1. The maximum absolute atomic E-state index is 6.21. The molecule has 0 unspecified atom stereocenters. The number of aryl methyl sites for hydroxylation is 1. The van der Waals surface area contributed by atoms with Gasteiger partial charge in [-0.05, 0) is 12.1 Å². The summed E-state index contributed by atoms with van der Waals surface area (Å²) in [5, 5.41) is 0.665. The lowest BCUT2D eigenvalue weighted by atomic mass is 9.99. The van der Waals surface area contributed by atoms with Crippen LogP contribution in [0.25, 0.3) is 11.3 Å². The van der Waals surface area contributed by atoms with Crippen LogP contribution in [0.1, 0.15) is 17.0 Å². The Kier molecular flexibility index (Phi) is 3.01. The molecule has 108 valence electrons. The number of imidazole rings is 1. The molecule has 4 rings (SSSR count). The first-order valence-electron chi connectivity index (χ1n) is 6.85. The molecule has 5 nitrogen and oxygen atoms in total. The second-order valence-electron chi connectivity index (χ2n) is 5.11. The lowest BCUT2D eigenvalue weighted by Crippen LogP contribution is -2.11. The Morgan fingerprint density at radius 1 is 1.18 bits per heavy atom. The Morgan fingerprint density at radius 2 is 2.09 bits per heavy atom. The minimum Gasteiger partial charge on any atom is -0.333 e. The van der Waals surface area contributed by atoms with E-state index in [1.54, 1.807) is 12.5 Å². The molecule has 1 aromatic carbocycles. The van der Waals surface area contributed by atoms with Crippen LogP contribution in [0.15, 0.2) is 48.1 Å². The van der Waals surface area contributed by atoms with E-state index in [9.17, 15) is 0 Å². The highest BCUT2D eigenvalue weighted by atomic mass is 35.5. The monoisotopic (exact) mass is 309 g/mol. The largest absolute Gasteiger partial charge is 0.333 e. The number of rotatable bonds is 1. The van der Waals surface area contributed by atoms with Crippen LogP contribution in [0.3, 0.4) is 0 Å². The average molecular weight is 310 g/mol. The molecule has 0 spiro atoms. The van der Waals surface area contributed by atoms with Gasteiger partial charge in [0.2, 0.25) is 0 Å². The Bertz CT molecular complexity index is 897. The molecule has 1 aliphatic rings. The molecule has 0 bridgehead atoms. The molecule has 2 aromatic heterocycles. The van der Waals surface area contributed by atoms with Crippen LogP contribution >= 0.6 is 11.6 Å². The van der Waals surface area contributed by atoms with Crippen LogP contribution in [-0.4, -0.2) is 25.2 Å². The summed E-state index contributed by atoms with van der Waals surface area (Å²) in [5.41, 5.74) is 4.66. The van der Waals surface area contributed by atoms with E-state index in [-0.39, 0.29) is 0 Å². The van der Waals surface area contributed by atoms with Crippen molar-refractivity contribution >= 4 is 17.3 Å².